The monoisotopic (exact) mass is 1720 g/mol. The Balaban J connectivity index is 0.000000672. The molecule has 0 aliphatic heterocycles. The fourth-order valence-electron chi connectivity index (χ4n) is 10.2. The van der Waals surface area contributed by atoms with Crippen LogP contribution in [0.1, 0.15) is 156 Å². The Morgan fingerprint density at radius 1 is 0.137 bits per heavy atom. The molecule has 0 aliphatic carbocycles. The van der Waals surface area contributed by atoms with E-state index in [-0.39, 0.29) is 34.4 Å². The molecule has 0 aliphatic rings. The summed E-state index contributed by atoms with van der Waals surface area (Å²) in [6.07, 6.45) is 0. The maximum Gasteiger partial charge on any atom is 0.165 e. The highest BCUT2D eigenvalue weighted by atomic mass is 19.2. The Morgan fingerprint density at radius 3 is 0.524 bits per heavy atom. The van der Waals surface area contributed by atoms with Crippen LogP contribution in [0.5, 0.6) is 11.5 Å². The molecule has 0 N–H and O–H groups in total. The third-order valence-corrected chi connectivity index (χ3v) is 19.0. The van der Waals surface area contributed by atoms with E-state index in [0.29, 0.717) is 44.5 Å². The number of hydrogen-bond donors (Lipinski definition) is 0. The third-order valence-electron chi connectivity index (χ3n) is 19.0. The van der Waals surface area contributed by atoms with Crippen LogP contribution in [-0.4, -0.2) is 14.2 Å². The lowest BCUT2D eigenvalue weighted by molar-refractivity contribution is 0.411. The highest BCUT2D eigenvalue weighted by molar-refractivity contribution is 5.38. The van der Waals surface area contributed by atoms with Crippen LogP contribution in [0.4, 0.5) is 61.5 Å². The van der Waals surface area contributed by atoms with Gasteiger partial charge in [0.25, 0.3) is 0 Å². The number of halogens is 14. The molecule has 13 aromatic carbocycles. The van der Waals surface area contributed by atoms with Gasteiger partial charge in [0.05, 0.1) is 14.2 Å². The zero-order valence-electron chi connectivity index (χ0n) is 77.7. The average molecular weight is 1720 g/mol. The summed E-state index contributed by atoms with van der Waals surface area (Å²) in [5.74, 6) is -7.66. The quantitative estimate of drug-likeness (QED) is 0.127. The van der Waals surface area contributed by atoms with Gasteiger partial charge < -0.3 is 9.47 Å². The first-order chi connectivity index (χ1) is 57.8. The molecule has 0 saturated heterocycles. The van der Waals surface area contributed by atoms with Gasteiger partial charge in [0.2, 0.25) is 0 Å². The van der Waals surface area contributed by atoms with Crippen molar-refractivity contribution in [1.29, 1.82) is 0 Å². The van der Waals surface area contributed by atoms with Crippen molar-refractivity contribution in [3.63, 3.8) is 0 Å². The lowest BCUT2D eigenvalue weighted by Gasteiger charge is -2.04. The molecule has 16 heteroatoms. The second-order valence-corrected chi connectivity index (χ2v) is 30.8. The van der Waals surface area contributed by atoms with E-state index >= 15 is 0 Å². The van der Waals surface area contributed by atoms with Crippen molar-refractivity contribution in [2.24, 2.45) is 0 Å². The van der Waals surface area contributed by atoms with E-state index in [2.05, 4.69) is 192 Å². The van der Waals surface area contributed by atoms with Gasteiger partial charge in [-0.2, -0.15) is 0 Å². The molecule has 0 aromatic heterocycles. The van der Waals surface area contributed by atoms with Crippen molar-refractivity contribution < 1.29 is 70.9 Å². The number of aryl methyl sites for hydroxylation is 24. The predicted octanol–water partition coefficient (Wildman–Crippen LogP) is 32.5. The van der Waals surface area contributed by atoms with E-state index < -0.39 is 69.3 Å². The van der Waals surface area contributed by atoms with Gasteiger partial charge in [0.1, 0.15) is 58.0 Å². The fourth-order valence-corrected chi connectivity index (χ4v) is 10.2. The third kappa shape index (κ3) is 41.1. The molecule has 0 unspecified atom stereocenters. The minimum atomic E-state index is -1.33. The summed E-state index contributed by atoms with van der Waals surface area (Å²) in [7, 11) is 3.39. The normalized spacial score (nSPS) is 9.77. The molecule has 0 bridgehead atoms. The molecule has 0 amide bonds. The standard InChI is InChI=1S/2C9H12O.2C9H12.C8H6F4.4C8H8F2.2C8H9F.2C8H10/c2*1-7-4-5-8(2)9(6-7)10-3;2*1-7-4-5-8(2)9(3)6-7;1-3-5(9)7(11)4(2)8(12)6(3)10;1-5-3-8(10)6(2)4-7(5)9;2*1-5-3-7(9)6(2)8(10)4-5;1-5-3-4-6(2)8(10)7(5)9;2*1-6-3-4-7(2)8(9)5-6;2*1-7-3-5-8(2)6-4-7/h2*4-6H,1-3H3;2*4-6H,1-3H3;1-2H3;4*3-4H,1-2H3;2*3-5H,1-2H3;2*3-6H,1-2H3. The second kappa shape index (κ2) is 55.6. The zero-order chi connectivity index (χ0) is 94.9. The molecule has 13 rings (SSSR count). The molecule has 13 aromatic rings. The van der Waals surface area contributed by atoms with Crippen LogP contribution in [0.3, 0.4) is 0 Å². The lowest BCUT2D eigenvalue weighted by atomic mass is 10.1. The van der Waals surface area contributed by atoms with E-state index in [0.717, 1.165) is 36.5 Å². The summed E-state index contributed by atoms with van der Waals surface area (Å²) < 4.78 is 187. The van der Waals surface area contributed by atoms with Gasteiger partial charge in [-0.3, -0.25) is 0 Å². The highest BCUT2D eigenvalue weighted by Crippen LogP contribution is 2.25. The summed E-state index contributed by atoms with van der Waals surface area (Å²) >= 11 is 0. The lowest BCUT2D eigenvalue weighted by Crippen LogP contribution is -2.02. The molecule has 0 fully saturated rings. The molecule has 0 atom stereocenters. The summed E-state index contributed by atoms with van der Waals surface area (Å²) in [4.78, 5) is 0. The molecular weight excluding hydrogens is 1600 g/mol. The number of hydrogen-bond acceptors (Lipinski definition) is 2. The van der Waals surface area contributed by atoms with Crippen molar-refractivity contribution >= 4 is 0 Å². The minimum Gasteiger partial charge on any atom is -0.496 e. The highest BCUT2D eigenvalue weighted by Gasteiger charge is 2.20. The Bertz CT molecular complexity index is 4880. The summed E-state index contributed by atoms with van der Waals surface area (Å²) in [5.41, 5.74) is 23.3. The maximum atomic E-state index is 12.7. The summed E-state index contributed by atoms with van der Waals surface area (Å²) in [6.45, 7) is 50.9. The Morgan fingerprint density at radius 2 is 0.323 bits per heavy atom. The van der Waals surface area contributed by atoms with Crippen molar-refractivity contribution in [2.75, 3.05) is 14.2 Å². The molecule has 0 spiro atoms. The zero-order valence-corrected chi connectivity index (χ0v) is 77.7. The van der Waals surface area contributed by atoms with Crippen molar-refractivity contribution in [3.05, 3.63) is 443 Å². The van der Waals surface area contributed by atoms with Crippen LogP contribution >= 0.6 is 0 Å². The van der Waals surface area contributed by atoms with Crippen molar-refractivity contribution in [1.82, 2.24) is 0 Å². The molecule has 0 saturated carbocycles. The van der Waals surface area contributed by atoms with E-state index in [1.807, 2.05) is 52.0 Å². The first kappa shape index (κ1) is 110. The van der Waals surface area contributed by atoms with E-state index in [9.17, 15) is 61.5 Å². The van der Waals surface area contributed by atoms with Gasteiger partial charge in [0.15, 0.2) is 34.9 Å². The number of ether oxygens (including phenoxy) is 2. The minimum absolute atomic E-state index is 0.0885. The summed E-state index contributed by atoms with van der Waals surface area (Å²) in [6, 6.07) is 63.6. The first-order valence-corrected chi connectivity index (χ1v) is 40.1. The van der Waals surface area contributed by atoms with Gasteiger partial charge in [-0.25, -0.2) is 61.5 Å². The molecule has 124 heavy (non-hydrogen) atoms. The van der Waals surface area contributed by atoms with Gasteiger partial charge in [-0.15, -0.1) is 0 Å². The van der Waals surface area contributed by atoms with Crippen molar-refractivity contribution in [3.8, 4) is 11.5 Å². The van der Waals surface area contributed by atoms with Crippen LogP contribution in [0, 0.1) is 275 Å². The Kier molecular flexibility index (Phi) is 49.5. The topological polar surface area (TPSA) is 18.5 Å². The van der Waals surface area contributed by atoms with Gasteiger partial charge in [-0.05, 0) is 355 Å². The molecular formula is C108H124F14O2. The maximum absolute atomic E-state index is 12.7. The molecule has 2 nitrogen and oxygen atoms in total. The van der Waals surface area contributed by atoms with Gasteiger partial charge in [-0.1, -0.05) is 179 Å². The van der Waals surface area contributed by atoms with E-state index in [1.165, 1.54) is 168 Å². The predicted molar refractivity (Wildman–Crippen MR) is 489 cm³/mol. The first-order valence-electron chi connectivity index (χ1n) is 40.1. The van der Waals surface area contributed by atoms with E-state index in [1.54, 1.807) is 66.2 Å². The molecule has 666 valence electrons. The smallest absolute Gasteiger partial charge is 0.165 e. The average Bonchev–Trinajstić information content (AvgIpc) is 0.806. The van der Waals surface area contributed by atoms with Crippen LogP contribution in [0.15, 0.2) is 206 Å². The van der Waals surface area contributed by atoms with Crippen LogP contribution in [0.2, 0.25) is 0 Å². The number of benzene rings is 13. The number of methoxy groups -OCH3 is 2. The number of rotatable bonds is 2. The van der Waals surface area contributed by atoms with Gasteiger partial charge in [0, 0.05) is 22.3 Å². The summed E-state index contributed by atoms with van der Waals surface area (Å²) in [5, 5.41) is 0. The molecule has 0 radical (unpaired) electrons. The second-order valence-electron chi connectivity index (χ2n) is 30.8. The fraction of sp³-hybridized carbons (Fsp3) is 0.278. The van der Waals surface area contributed by atoms with Gasteiger partial charge >= 0.3 is 0 Å². The van der Waals surface area contributed by atoms with Crippen LogP contribution < -0.4 is 9.47 Å². The Hall–Kier alpha value is -11.5. The van der Waals surface area contributed by atoms with Crippen LogP contribution in [0.25, 0.3) is 0 Å². The van der Waals surface area contributed by atoms with Crippen molar-refractivity contribution in [2.45, 2.75) is 194 Å². The van der Waals surface area contributed by atoms with Crippen LogP contribution in [-0.2, 0) is 0 Å². The largest absolute Gasteiger partial charge is 0.496 e. The SMILES string of the molecule is COc1cc(C)ccc1C.COc1cc(C)ccc1C.Cc1c(F)c(F)c(C)c(F)c1F.Cc1cc(F)c(C)c(F)c1.Cc1cc(F)c(C)c(F)c1.Cc1cc(F)c(C)cc1F.Cc1ccc(C)c(C)c1.Cc1ccc(C)c(C)c1.Cc1ccc(C)c(F)c1.Cc1ccc(C)c(F)c1.Cc1ccc(C)c(F)c1F.Cc1ccc(C)cc1.Cc1ccc(C)cc1. The molecule has 0 heterocycles. The Labute approximate surface area is 730 Å². The van der Waals surface area contributed by atoms with E-state index in [4.69, 9.17) is 9.47 Å².